The third-order valence-electron chi connectivity index (χ3n) is 4.22. The summed E-state index contributed by atoms with van der Waals surface area (Å²) in [5.41, 5.74) is 3.77. The van der Waals surface area contributed by atoms with Gasteiger partial charge in [0.2, 0.25) is 5.16 Å². The average Bonchev–Trinajstić information content (AvgIpc) is 3.03. The first-order valence-electron chi connectivity index (χ1n) is 8.22. The molecule has 0 bridgehead atoms. The van der Waals surface area contributed by atoms with Crippen molar-refractivity contribution in [1.82, 2.24) is 30.8 Å². The summed E-state index contributed by atoms with van der Waals surface area (Å²) in [6.45, 7) is 3.94. The van der Waals surface area contributed by atoms with Gasteiger partial charge in [0.05, 0.1) is 18.7 Å². The third-order valence-corrected chi connectivity index (χ3v) is 5.26. The van der Waals surface area contributed by atoms with Crippen LogP contribution in [-0.4, -0.2) is 45.1 Å². The normalized spacial score (nSPS) is 16.7. The topological polar surface area (TPSA) is 111 Å². The Morgan fingerprint density at radius 2 is 2.15 bits per heavy atom. The number of aryl methyl sites for hydroxylation is 3. The maximum atomic E-state index is 12.5. The number of hydrogen-bond donors (Lipinski definition) is 2. The second-order valence-corrected chi connectivity index (χ2v) is 7.09. The molecular weight excluding hydrogens is 368 g/mol. The van der Waals surface area contributed by atoms with Crippen LogP contribution in [0.2, 0.25) is 0 Å². The maximum Gasteiger partial charge on any atom is 0.338 e. The molecule has 1 aliphatic heterocycles. The van der Waals surface area contributed by atoms with Gasteiger partial charge in [-0.05, 0) is 35.4 Å². The van der Waals surface area contributed by atoms with Crippen molar-refractivity contribution in [2.24, 2.45) is 7.05 Å². The molecule has 0 radical (unpaired) electrons. The number of thioether (sulfide) groups is 1. The van der Waals surface area contributed by atoms with Crippen LogP contribution in [-0.2, 0) is 16.6 Å². The lowest BCUT2D eigenvalue weighted by Crippen LogP contribution is -2.46. The molecular formula is C17H20N6O3S. The van der Waals surface area contributed by atoms with E-state index in [1.54, 1.807) is 7.05 Å². The summed E-state index contributed by atoms with van der Waals surface area (Å²) in [6, 6.07) is 4.91. The lowest BCUT2D eigenvalue weighted by atomic mass is 9.91. The monoisotopic (exact) mass is 388 g/mol. The molecule has 2 amide bonds. The molecule has 0 spiro atoms. The van der Waals surface area contributed by atoms with E-state index in [1.165, 1.54) is 23.6 Å². The van der Waals surface area contributed by atoms with E-state index in [4.69, 9.17) is 4.74 Å². The number of carbonyl (C=O) groups is 2. The molecule has 0 aliphatic carbocycles. The Morgan fingerprint density at radius 3 is 2.78 bits per heavy atom. The number of ether oxygens (including phenoxy) is 1. The first kappa shape index (κ1) is 18.9. The maximum absolute atomic E-state index is 12.5. The van der Waals surface area contributed by atoms with E-state index in [1.807, 2.05) is 32.0 Å². The number of urea groups is 1. The molecule has 1 aromatic carbocycles. The van der Waals surface area contributed by atoms with Gasteiger partial charge in [0.15, 0.2) is 0 Å². The second-order valence-electron chi connectivity index (χ2n) is 6.15. The van der Waals surface area contributed by atoms with E-state index >= 15 is 0 Å². The molecule has 0 fully saturated rings. The highest BCUT2D eigenvalue weighted by atomic mass is 32.2. The van der Waals surface area contributed by atoms with E-state index in [0.717, 1.165) is 16.7 Å². The van der Waals surface area contributed by atoms with Crippen molar-refractivity contribution in [3.63, 3.8) is 0 Å². The van der Waals surface area contributed by atoms with E-state index in [2.05, 4.69) is 26.2 Å². The Labute approximate surface area is 160 Å². The van der Waals surface area contributed by atoms with Crippen molar-refractivity contribution < 1.29 is 14.3 Å². The number of amides is 2. The molecule has 10 heteroatoms. The number of tetrazole rings is 1. The Hall–Kier alpha value is -2.88. The van der Waals surface area contributed by atoms with E-state index in [9.17, 15) is 9.59 Å². The van der Waals surface area contributed by atoms with Crippen LogP contribution < -0.4 is 10.6 Å². The molecule has 2 heterocycles. The fraction of sp³-hybridized carbons (Fsp3) is 0.353. The highest BCUT2D eigenvalue weighted by Gasteiger charge is 2.34. The minimum Gasteiger partial charge on any atom is -0.466 e. The summed E-state index contributed by atoms with van der Waals surface area (Å²) in [7, 11) is 3.04. The summed E-state index contributed by atoms with van der Waals surface area (Å²) in [6.07, 6.45) is 0. The van der Waals surface area contributed by atoms with Crippen molar-refractivity contribution >= 4 is 23.8 Å². The quantitative estimate of drug-likeness (QED) is 0.588. The molecule has 1 atom stereocenters. The van der Waals surface area contributed by atoms with Crippen molar-refractivity contribution in [3.05, 3.63) is 46.2 Å². The first-order valence-corrected chi connectivity index (χ1v) is 9.20. The van der Waals surface area contributed by atoms with Crippen molar-refractivity contribution in [2.75, 3.05) is 12.9 Å². The lowest BCUT2D eigenvalue weighted by molar-refractivity contribution is -0.136. The van der Waals surface area contributed by atoms with Gasteiger partial charge in [-0.1, -0.05) is 35.5 Å². The molecule has 9 nitrogen and oxygen atoms in total. The molecule has 1 aromatic heterocycles. The largest absolute Gasteiger partial charge is 0.466 e. The number of methoxy groups -OCH3 is 1. The van der Waals surface area contributed by atoms with Crippen molar-refractivity contribution in [1.29, 1.82) is 0 Å². The molecule has 1 aliphatic rings. The van der Waals surface area contributed by atoms with Crippen LogP contribution in [0.3, 0.4) is 0 Å². The van der Waals surface area contributed by atoms with Crippen LogP contribution in [0.25, 0.3) is 0 Å². The number of nitrogens with one attached hydrogen (secondary N) is 2. The van der Waals surface area contributed by atoms with Gasteiger partial charge in [-0.15, -0.1) is 5.10 Å². The molecule has 1 unspecified atom stereocenters. The number of aromatic nitrogens is 4. The Kier molecular flexibility index (Phi) is 5.45. The van der Waals surface area contributed by atoms with E-state index < -0.39 is 12.0 Å². The van der Waals surface area contributed by atoms with E-state index in [0.29, 0.717) is 22.2 Å². The van der Waals surface area contributed by atoms with Gasteiger partial charge in [0.1, 0.15) is 0 Å². The molecule has 0 saturated carbocycles. The van der Waals surface area contributed by atoms with Gasteiger partial charge >= 0.3 is 12.0 Å². The summed E-state index contributed by atoms with van der Waals surface area (Å²) in [4.78, 5) is 24.8. The summed E-state index contributed by atoms with van der Waals surface area (Å²) in [5, 5.41) is 17.4. The predicted molar refractivity (Wildman–Crippen MR) is 98.9 cm³/mol. The number of nitrogens with zero attached hydrogens (tertiary/aromatic N) is 4. The van der Waals surface area contributed by atoms with Gasteiger partial charge in [-0.3, -0.25) is 0 Å². The summed E-state index contributed by atoms with van der Waals surface area (Å²) < 4.78 is 6.51. The van der Waals surface area contributed by atoms with Crippen LogP contribution in [0.4, 0.5) is 4.79 Å². The van der Waals surface area contributed by atoms with Crippen LogP contribution in [0, 0.1) is 13.8 Å². The zero-order valence-corrected chi connectivity index (χ0v) is 16.3. The SMILES string of the molecule is COC(=O)C1=C(CSc2nnnn2C)NC(=O)NC1c1ccc(C)cc1C. The zero-order chi connectivity index (χ0) is 19.6. The highest BCUT2D eigenvalue weighted by molar-refractivity contribution is 7.99. The van der Waals surface area contributed by atoms with Crippen molar-refractivity contribution in [3.8, 4) is 0 Å². The lowest BCUT2D eigenvalue weighted by Gasteiger charge is -2.30. The number of hydrogen-bond acceptors (Lipinski definition) is 7. The van der Waals surface area contributed by atoms with Crippen LogP contribution in [0.15, 0.2) is 34.6 Å². The minimum absolute atomic E-state index is 0.313. The smallest absolute Gasteiger partial charge is 0.338 e. The minimum atomic E-state index is -0.597. The molecule has 2 aromatic rings. The Bertz CT molecular complexity index is 923. The van der Waals surface area contributed by atoms with Crippen LogP contribution in [0.5, 0.6) is 0 Å². The Morgan fingerprint density at radius 1 is 1.37 bits per heavy atom. The zero-order valence-electron chi connectivity index (χ0n) is 15.4. The van der Waals surface area contributed by atoms with Crippen molar-refractivity contribution in [2.45, 2.75) is 25.0 Å². The van der Waals surface area contributed by atoms with Gasteiger partial charge in [0.25, 0.3) is 0 Å². The first-order chi connectivity index (χ1) is 12.9. The second kappa shape index (κ2) is 7.78. The van der Waals surface area contributed by atoms with Crippen LogP contribution >= 0.6 is 11.8 Å². The van der Waals surface area contributed by atoms with Gasteiger partial charge < -0.3 is 15.4 Å². The molecule has 27 heavy (non-hydrogen) atoms. The fourth-order valence-corrected chi connectivity index (χ4v) is 3.76. The number of rotatable bonds is 5. The highest BCUT2D eigenvalue weighted by Crippen LogP contribution is 2.31. The summed E-state index contributed by atoms with van der Waals surface area (Å²) in [5.74, 6) is -0.188. The standard InChI is InChI=1S/C17H20N6O3S/c1-9-5-6-11(10(2)7-9)14-13(15(24)26-4)12(18-16(25)19-14)8-27-17-20-21-22-23(17)3/h5-7,14H,8H2,1-4H3,(H2,18,19,25). The summed E-state index contributed by atoms with van der Waals surface area (Å²) >= 11 is 1.32. The van der Waals surface area contributed by atoms with Gasteiger partial charge in [0, 0.05) is 18.5 Å². The molecule has 3 rings (SSSR count). The number of esters is 1. The third kappa shape index (κ3) is 3.95. The Balaban J connectivity index is 2.01. The number of carbonyl (C=O) groups excluding carboxylic acids is 2. The predicted octanol–water partition coefficient (Wildman–Crippen LogP) is 1.40. The molecule has 142 valence electrons. The van der Waals surface area contributed by atoms with Crippen LogP contribution in [0.1, 0.15) is 22.7 Å². The molecule has 2 N–H and O–H groups in total. The molecule has 0 saturated heterocycles. The average molecular weight is 388 g/mol. The van der Waals surface area contributed by atoms with Gasteiger partial charge in [-0.2, -0.15) is 0 Å². The number of benzene rings is 1. The van der Waals surface area contributed by atoms with Gasteiger partial charge in [-0.25, -0.2) is 14.3 Å². The fourth-order valence-electron chi connectivity index (χ4n) is 2.95. The van der Waals surface area contributed by atoms with E-state index in [-0.39, 0.29) is 6.03 Å².